The molecule has 0 aromatic heterocycles. The van der Waals surface area contributed by atoms with E-state index < -0.39 is 59.7 Å². The predicted molar refractivity (Wildman–Crippen MR) is 154 cm³/mol. The van der Waals surface area contributed by atoms with Gasteiger partial charge in [-0.05, 0) is 66.7 Å². The number of hydrogen-bond acceptors (Lipinski definition) is 20. The first-order valence-corrected chi connectivity index (χ1v) is 15.1. The van der Waals surface area contributed by atoms with Crippen molar-refractivity contribution >= 4 is 59.7 Å². The van der Waals surface area contributed by atoms with E-state index in [2.05, 4.69) is 23.7 Å². The predicted octanol–water partition coefficient (Wildman–Crippen LogP) is -4.60. The molecule has 0 saturated heterocycles. The van der Waals surface area contributed by atoms with Crippen molar-refractivity contribution in [2.24, 2.45) is 0 Å². The van der Waals surface area contributed by atoms with Crippen molar-refractivity contribution in [2.45, 2.75) is 98.8 Å². The smallest absolute Gasteiger partial charge is 0.306 e. The molecule has 0 aliphatic carbocycles. The van der Waals surface area contributed by atoms with Crippen molar-refractivity contribution in [3.8, 4) is 0 Å². The van der Waals surface area contributed by atoms with Gasteiger partial charge in [0.2, 0.25) is 0 Å². The van der Waals surface area contributed by atoms with Gasteiger partial charge in [0.05, 0.1) is 65.1 Å². The minimum absolute atomic E-state index is 0. The molecule has 0 unspecified atom stereocenters. The zero-order valence-electron chi connectivity index (χ0n) is 29.2. The Hall–Kier alpha value is -4.72. The van der Waals surface area contributed by atoms with Crippen LogP contribution in [0.1, 0.15) is 98.8 Å². The van der Waals surface area contributed by atoms with Crippen LogP contribution in [0.2, 0.25) is 0 Å². The van der Waals surface area contributed by atoms with Crippen molar-refractivity contribution in [1.82, 2.24) is 0 Å². The van der Waals surface area contributed by atoms with Gasteiger partial charge in [0.15, 0.2) is 0 Å². The number of carboxylic acids is 5. The molecule has 0 atom stereocenters. The molecule has 0 saturated carbocycles. The van der Waals surface area contributed by atoms with Crippen molar-refractivity contribution in [3.05, 3.63) is 0 Å². The third-order valence-corrected chi connectivity index (χ3v) is 4.19. The first kappa shape index (κ1) is 58.5. The molecule has 21 heteroatoms. The van der Waals surface area contributed by atoms with Gasteiger partial charge in [0.1, 0.15) is 0 Å². The van der Waals surface area contributed by atoms with Crippen LogP contribution in [0.15, 0.2) is 0 Å². The van der Waals surface area contributed by atoms with E-state index in [1.807, 2.05) is 0 Å². The summed E-state index contributed by atoms with van der Waals surface area (Å²) in [6.07, 6.45) is -1.83. The summed E-state index contributed by atoms with van der Waals surface area (Å²) in [7, 11) is 0. The molecule has 20 nitrogen and oxygen atoms in total. The molecule has 0 aromatic rings. The molecule has 0 amide bonds. The van der Waals surface area contributed by atoms with Gasteiger partial charge in [-0.15, -0.1) is 0 Å². The van der Waals surface area contributed by atoms with Crippen molar-refractivity contribution in [1.29, 1.82) is 0 Å². The number of aliphatic carboxylic acids is 5. The average Bonchev–Trinajstić information content (AvgIpc) is 3.02. The largest absolute Gasteiger partial charge is 0.550 e. The summed E-state index contributed by atoms with van der Waals surface area (Å²) in [6, 6.07) is 0. The Labute approximate surface area is 307 Å². The molecule has 0 bridgehead atoms. The first-order chi connectivity index (χ1) is 23.3. The Morgan fingerprint density at radius 3 is 0.490 bits per heavy atom. The summed E-state index contributed by atoms with van der Waals surface area (Å²) in [5, 5.41) is 48.9. The number of hydrogen-bond donors (Lipinski definition) is 0. The third-order valence-electron chi connectivity index (χ3n) is 4.19. The minimum atomic E-state index is -1.23. The van der Waals surface area contributed by atoms with E-state index in [-0.39, 0.29) is 116 Å². The first-order valence-electron chi connectivity index (χ1n) is 15.1. The van der Waals surface area contributed by atoms with Crippen molar-refractivity contribution in [3.63, 3.8) is 0 Å². The van der Waals surface area contributed by atoms with Crippen LogP contribution >= 0.6 is 0 Å². The van der Waals surface area contributed by atoms with Gasteiger partial charge in [-0.3, -0.25) is 24.0 Å². The normalized spacial score (nSPS) is 8.73. The van der Waals surface area contributed by atoms with Crippen LogP contribution in [0.4, 0.5) is 0 Å². The maximum Gasteiger partial charge on any atom is 0.306 e. The second-order valence-corrected chi connectivity index (χ2v) is 8.39. The number of rotatable bonds is 20. The zero-order valence-corrected chi connectivity index (χ0v) is 30.6. The van der Waals surface area contributed by atoms with E-state index in [1.54, 1.807) is 34.6 Å². The fraction of sp³-hybridized carbons (Fsp3) is 0.667. The van der Waals surface area contributed by atoms with Crippen LogP contribution in [0.3, 0.4) is 0 Å². The quantitative estimate of drug-likeness (QED) is 0.0829. The summed E-state index contributed by atoms with van der Waals surface area (Å²) < 4.78 is 22.3. The molecule has 0 aromatic carbocycles. The van der Waals surface area contributed by atoms with Crippen LogP contribution in [0, 0.1) is 0 Å². The fourth-order valence-corrected chi connectivity index (χ4v) is 2.19. The van der Waals surface area contributed by atoms with E-state index >= 15 is 0 Å². The van der Waals surface area contributed by atoms with Gasteiger partial charge >= 0.3 is 29.8 Å². The average molecular weight is 777 g/mol. The van der Waals surface area contributed by atoms with Gasteiger partial charge in [-0.25, -0.2) is 0 Å². The summed E-state index contributed by atoms with van der Waals surface area (Å²) in [4.78, 5) is 101. The maximum atomic E-state index is 10.4. The third kappa shape index (κ3) is 68.1. The number of ether oxygens (including phenoxy) is 5. The van der Waals surface area contributed by atoms with Crippen LogP contribution in [-0.2, 0) is 90.2 Å². The summed E-state index contributed by atoms with van der Waals surface area (Å²) >= 11 is 0. The number of carbonyl (C=O) groups excluding carboxylic acids is 10. The molecule has 0 aliphatic heterocycles. The molecule has 1 radical (unpaired) electrons. The van der Waals surface area contributed by atoms with Gasteiger partial charge in [-0.1, -0.05) is 0 Å². The van der Waals surface area contributed by atoms with Gasteiger partial charge in [0.25, 0.3) is 0 Å². The summed E-state index contributed by atoms with van der Waals surface area (Å²) in [5.41, 5.74) is 0. The zero-order chi connectivity index (χ0) is 39.9. The van der Waals surface area contributed by atoms with Crippen LogP contribution in [0.25, 0.3) is 0 Å². The number of carbonyl (C=O) groups is 10. The number of carboxylic acid groups (broad SMARTS) is 5. The van der Waals surface area contributed by atoms with Gasteiger partial charge in [0, 0.05) is 48.4 Å². The SMILES string of the molecule is CCOC(=O)CCC(=O)[O-].CCOC(=O)CCC(=O)[O-].CCOC(=O)CCC(=O)[O-].CCOC(=O)CCC(=O)[O-].CCOC(=O)CCC(=O)[O-].[V]. The van der Waals surface area contributed by atoms with Crippen LogP contribution in [0.5, 0.6) is 0 Å². The summed E-state index contributed by atoms with van der Waals surface area (Å²) in [5.74, 6) is -8.61. The topological polar surface area (TPSA) is 332 Å². The number of esters is 5. The standard InChI is InChI=1S/5C6H10O4.V/c5*1-2-10-6(9)4-3-5(7)8;/h5*2-4H2,1H3,(H,7,8);/p-5. The van der Waals surface area contributed by atoms with Crippen LogP contribution < -0.4 is 25.5 Å². The molecule has 0 aliphatic rings. The Morgan fingerprint density at radius 2 is 0.412 bits per heavy atom. The Balaban J connectivity index is -0.000000123. The Kier molecular flexibility index (Phi) is 49.7. The Bertz CT molecular complexity index is 841. The molecule has 0 fully saturated rings. The minimum Gasteiger partial charge on any atom is -0.550 e. The van der Waals surface area contributed by atoms with Gasteiger partial charge in [-0.2, -0.15) is 0 Å². The second kappa shape index (κ2) is 43.3. The van der Waals surface area contributed by atoms with E-state index in [9.17, 15) is 73.5 Å². The molecule has 0 rings (SSSR count). The van der Waals surface area contributed by atoms with E-state index in [0.29, 0.717) is 0 Å². The van der Waals surface area contributed by atoms with Crippen molar-refractivity contribution < 1.29 is 116 Å². The maximum absolute atomic E-state index is 10.4. The Morgan fingerprint density at radius 1 is 0.294 bits per heavy atom. The molecular weight excluding hydrogens is 731 g/mol. The fourth-order valence-electron chi connectivity index (χ4n) is 2.19. The monoisotopic (exact) mass is 776 g/mol. The second-order valence-electron chi connectivity index (χ2n) is 8.39. The molecule has 0 spiro atoms. The van der Waals surface area contributed by atoms with Crippen LogP contribution in [-0.4, -0.2) is 92.7 Å². The molecule has 51 heavy (non-hydrogen) atoms. The van der Waals surface area contributed by atoms with Crippen molar-refractivity contribution in [2.75, 3.05) is 33.0 Å². The van der Waals surface area contributed by atoms with E-state index in [0.717, 1.165) is 0 Å². The molecule has 0 N–H and O–H groups in total. The van der Waals surface area contributed by atoms with E-state index in [4.69, 9.17) is 0 Å². The van der Waals surface area contributed by atoms with Gasteiger partial charge < -0.3 is 73.2 Å². The summed E-state index contributed by atoms with van der Waals surface area (Å²) in [6.45, 7) is 9.74. The molecule has 295 valence electrons. The molecule has 0 heterocycles. The van der Waals surface area contributed by atoms with E-state index in [1.165, 1.54) is 0 Å². The molecular formula is C30H45O20V-5.